The van der Waals surface area contributed by atoms with Crippen LogP contribution in [0.4, 0.5) is 15.1 Å². The van der Waals surface area contributed by atoms with Crippen molar-refractivity contribution in [3.05, 3.63) is 43.6 Å². The lowest BCUT2D eigenvalue weighted by molar-refractivity contribution is 0.0937. The van der Waals surface area contributed by atoms with Gasteiger partial charge >= 0.3 is 0 Å². The van der Waals surface area contributed by atoms with Crippen molar-refractivity contribution in [3.63, 3.8) is 0 Å². The van der Waals surface area contributed by atoms with Gasteiger partial charge in [-0.25, -0.2) is 4.39 Å². The summed E-state index contributed by atoms with van der Waals surface area (Å²) < 4.78 is 15.3. The standard InChI is InChI=1S/C21H24FIN4O2S/c1-21(2)8-13-16(18(28)26-12-5-6-24-9-12)20(30-17(13)19(29)25-10-21)27-15-4-3-11(23)7-14(15)22/h3-4,7,12,24,27H,5-6,8-10H2,1-2H3,(H,25,29)(H,26,28)/t12-/m1/s1. The average Bonchev–Trinajstić information content (AvgIpc) is 3.27. The van der Waals surface area contributed by atoms with Crippen LogP contribution in [0.2, 0.25) is 0 Å². The number of hydrogen-bond donors (Lipinski definition) is 4. The molecule has 2 aromatic rings. The number of halogens is 2. The predicted molar refractivity (Wildman–Crippen MR) is 125 cm³/mol. The van der Waals surface area contributed by atoms with Crippen molar-refractivity contribution in [1.82, 2.24) is 16.0 Å². The van der Waals surface area contributed by atoms with E-state index in [-0.39, 0.29) is 29.0 Å². The summed E-state index contributed by atoms with van der Waals surface area (Å²) in [5.41, 5.74) is 1.27. The van der Waals surface area contributed by atoms with Crippen LogP contribution >= 0.6 is 33.9 Å². The number of fused-ring (bicyclic) bond motifs is 1. The van der Waals surface area contributed by atoms with Gasteiger partial charge in [-0.15, -0.1) is 11.3 Å². The average molecular weight is 542 g/mol. The largest absolute Gasteiger partial charge is 0.351 e. The van der Waals surface area contributed by atoms with E-state index in [0.29, 0.717) is 28.4 Å². The van der Waals surface area contributed by atoms with Crippen LogP contribution in [0.5, 0.6) is 0 Å². The maximum absolute atomic E-state index is 14.5. The zero-order valence-corrected chi connectivity index (χ0v) is 19.8. The summed E-state index contributed by atoms with van der Waals surface area (Å²) in [6.45, 7) is 6.25. The summed E-state index contributed by atoms with van der Waals surface area (Å²) in [5.74, 6) is -0.810. The molecule has 1 aromatic heterocycles. The Balaban J connectivity index is 1.77. The second-order valence-corrected chi connectivity index (χ2v) is 10.8. The zero-order chi connectivity index (χ0) is 21.5. The van der Waals surface area contributed by atoms with Gasteiger partial charge in [0, 0.05) is 22.7 Å². The molecule has 30 heavy (non-hydrogen) atoms. The highest BCUT2D eigenvalue weighted by molar-refractivity contribution is 14.1. The van der Waals surface area contributed by atoms with E-state index in [1.807, 2.05) is 0 Å². The molecule has 160 valence electrons. The number of hydrogen-bond acceptors (Lipinski definition) is 5. The topological polar surface area (TPSA) is 82.3 Å². The van der Waals surface area contributed by atoms with Gasteiger partial charge in [0.15, 0.2) is 0 Å². The molecule has 2 amide bonds. The van der Waals surface area contributed by atoms with E-state index in [4.69, 9.17) is 0 Å². The van der Waals surface area contributed by atoms with E-state index in [2.05, 4.69) is 57.7 Å². The molecule has 1 atom stereocenters. The van der Waals surface area contributed by atoms with Crippen molar-refractivity contribution in [1.29, 1.82) is 0 Å². The van der Waals surface area contributed by atoms with Crippen LogP contribution in [0.1, 0.15) is 45.9 Å². The predicted octanol–water partition coefficient (Wildman–Crippen LogP) is 3.64. The smallest absolute Gasteiger partial charge is 0.261 e. The molecule has 0 radical (unpaired) electrons. The third-order valence-corrected chi connectivity index (χ3v) is 7.22. The number of benzene rings is 1. The van der Waals surface area contributed by atoms with Gasteiger partial charge in [0.1, 0.15) is 10.8 Å². The summed E-state index contributed by atoms with van der Waals surface area (Å²) in [6.07, 6.45) is 1.44. The minimum Gasteiger partial charge on any atom is -0.351 e. The summed E-state index contributed by atoms with van der Waals surface area (Å²) in [6, 6.07) is 4.92. The highest BCUT2D eigenvalue weighted by Crippen LogP contribution is 2.40. The summed E-state index contributed by atoms with van der Waals surface area (Å²) in [7, 11) is 0. The first-order chi connectivity index (χ1) is 14.2. The Bertz CT molecular complexity index is 1000. The van der Waals surface area contributed by atoms with Crippen LogP contribution < -0.4 is 21.3 Å². The maximum atomic E-state index is 14.5. The number of rotatable bonds is 4. The molecule has 1 saturated heterocycles. The Morgan fingerprint density at radius 3 is 2.87 bits per heavy atom. The molecular formula is C21H24FIN4O2S. The molecule has 0 saturated carbocycles. The normalized spacial score (nSPS) is 20.3. The zero-order valence-electron chi connectivity index (χ0n) is 16.8. The number of amides is 2. The maximum Gasteiger partial charge on any atom is 0.261 e. The minimum atomic E-state index is -0.401. The van der Waals surface area contributed by atoms with Gasteiger partial charge in [0.05, 0.1) is 16.1 Å². The second kappa shape index (κ2) is 8.43. The number of thiophene rings is 1. The van der Waals surface area contributed by atoms with Crippen LogP contribution in [-0.2, 0) is 6.42 Å². The molecular weight excluding hydrogens is 518 g/mol. The second-order valence-electron chi connectivity index (χ2n) is 8.55. The molecule has 9 heteroatoms. The molecule has 3 heterocycles. The Labute approximate surface area is 192 Å². The minimum absolute atomic E-state index is 0.0450. The Morgan fingerprint density at radius 1 is 1.37 bits per heavy atom. The van der Waals surface area contributed by atoms with Crippen molar-refractivity contribution in [3.8, 4) is 0 Å². The van der Waals surface area contributed by atoms with Gasteiger partial charge in [-0.1, -0.05) is 13.8 Å². The van der Waals surface area contributed by atoms with Crippen LogP contribution in [0.3, 0.4) is 0 Å². The van der Waals surface area contributed by atoms with E-state index >= 15 is 0 Å². The summed E-state index contributed by atoms with van der Waals surface area (Å²) in [5, 5.41) is 12.9. The monoisotopic (exact) mass is 542 g/mol. The van der Waals surface area contributed by atoms with Crippen LogP contribution in [-0.4, -0.2) is 37.5 Å². The first-order valence-electron chi connectivity index (χ1n) is 9.91. The van der Waals surface area contributed by atoms with E-state index in [1.54, 1.807) is 12.1 Å². The molecule has 4 N–H and O–H groups in total. The highest BCUT2D eigenvalue weighted by Gasteiger charge is 2.35. The van der Waals surface area contributed by atoms with Gasteiger partial charge in [-0.05, 0) is 71.2 Å². The molecule has 0 unspecified atom stereocenters. The number of anilines is 2. The Hall–Kier alpha value is -1.72. The fraction of sp³-hybridized carbons (Fsp3) is 0.429. The molecule has 0 aliphatic carbocycles. The first-order valence-corrected chi connectivity index (χ1v) is 11.8. The third kappa shape index (κ3) is 4.47. The van der Waals surface area contributed by atoms with E-state index in [9.17, 15) is 14.0 Å². The van der Waals surface area contributed by atoms with Gasteiger partial charge in [-0.2, -0.15) is 0 Å². The lowest BCUT2D eigenvalue weighted by Crippen LogP contribution is -2.37. The fourth-order valence-electron chi connectivity index (χ4n) is 3.83. The van der Waals surface area contributed by atoms with Gasteiger partial charge in [0.25, 0.3) is 11.8 Å². The molecule has 0 bridgehead atoms. The van der Waals surface area contributed by atoms with Crippen molar-refractivity contribution in [2.24, 2.45) is 5.41 Å². The SMILES string of the molecule is CC1(C)CNC(=O)c2sc(Nc3ccc(I)cc3F)c(C(=O)N[C@@H]3CCNC3)c2C1. The Morgan fingerprint density at radius 2 is 2.17 bits per heavy atom. The van der Waals surface area contributed by atoms with Crippen molar-refractivity contribution < 1.29 is 14.0 Å². The van der Waals surface area contributed by atoms with Crippen LogP contribution in [0, 0.1) is 14.8 Å². The third-order valence-electron chi connectivity index (χ3n) is 5.40. The Kier molecular flexibility index (Phi) is 6.04. The molecule has 1 fully saturated rings. The van der Waals surface area contributed by atoms with Gasteiger partial charge in [-0.3, -0.25) is 9.59 Å². The van der Waals surface area contributed by atoms with E-state index in [0.717, 1.165) is 28.6 Å². The number of carbonyl (C=O) groups is 2. The molecule has 2 aliphatic heterocycles. The molecule has 1 aromatic carbocycles. The number of carbonyl (C=O) groups excluding carboxylic acids is 2. The van der Waals surface area contributed by atoms with Crippen molar-refractivity contribution in [2.75, 3.05) is 25.0 Å². The molecule has 2 aliphatic rings. The van der Waals surface area contributed by atoms with E-state index < -0.39 is 5.82 Å². The molecule has 6 nitrogen and oxygen atoms in total. The summed E-state index contributed by atoms with van der Waals surface area (Å²) in [4.78, 5) is 26.6. The number of nitrogens with one attached hydrogen (secondary N) is 4. The van der Waals surface area contributed by atoms with Crippen LogP contribution in [0.25, 0.3) is 0 Å². The van der Waals surface area contributed by atoms with E-state index in [1.165, 1.54) is 17.4 Å². The van der Waals surface area contributed by atoms with Gasteiger partial charge in [0.2, 0.25) is 0 Å². The lowest BCUT2D eigenvalue weighted by Gasteiger charge is -2.23. The molecule has 0 spiro atoms. The lowest BCUT2D eigenvalue weighted by atomic mass is 9.85. The summed E-state index contributed by atoms with van der Waals surface area (Å²) >= 11 is 3.26. The molecule has 4 rings (SSSR count). The quantitative estimate of drug-likeness (QED) is 0.445. The first kappa shape index (κ1) is 21.5. The van der Waals surface area contributed by atoms with Gasteiger partial charge < -0.3 is 21.3 Å². The van der Waals surface area contributed by atoms with Crippen LogP contribution in [0.15, 0.2) is 18.2 Å². The van der Waals surface area contributed by atoms with Crippen molar-refractivity contribution >= 4 is 56.4 Å². The van der Waals surface area contributed by atoms with Crippen molar-refractivity contribution in [2.45, 2.75) is 32.7 Å². The fourth-order valence-corrected chi connectivity index (χ4v) is 5.43. The highest BCUT2D eigenvalue weighted by atomic mass is 127.